The number of aryl methyl sites for hydroxylation is 2. The third kappa shape index (κ3) is 5.50. The Balaban J connectivity index is 1.96. The van der Waals surface area contributed by atoms with Gasteiger partial charge in [-0.25, -0.2) is 0 Å². The second kappa shape index (κ2) is 8.44. The summed E-state index contributed by atoms with van der Waals surface area (Å²) in [5, 5.41) is 0. The van der Waals surface area contributed by atoms with Crippen LogP contribution in [0.15, 0.2) is 54.6 Å². The topological polar surface area (TPSA) is 20.3 Å². The molecular formula is C21H25NO. The second-order valence-corrected chi connectivity index (χ2v) is 6.16. The Labute approximate surface area is 139 Å². The third-order valence-corrected chi connectivity index (χ3v) is 3.91. The molecule has 0 saturated heterocycles. The van der Waals surface area contributed by atoms with Crippen molar-refractivity contribution in [1.82, 2.24) is 4.90 Å². The van der Waals surface area contributed by atoms with Crippen LogP contribution in [-0.2, 0) is 6.42 Å². The summed E-state index contributed by atoms with van der Waals surface area (Å²) < 4.78 is 0. The monoisotopic (exact) mass is 307 g/mol. The summed E-state index contributed by atoms with van der Waals surface area (Å²) in [6, 6.07) is 16.0. The number of nitrogens with zero attached hydrogens (tertiary/aromatic N) is 1. The molecule has 0 fully saturated rings. The molecule has 2 rings (SSSR count). The van der Waals surface area contributed by atoms with E-state index in [-0.39, 0.29) is 5.78 Å². The lowest BCUT2D eigenvalue weighted by atomic mass is 10.0. The largest absolute Gasteiger partial charge is 0.309 e. The van der Waals surface area contributed by atoms with Gasteiger partial charge in [-0.15, -0.1) is 0 Å². The smallest absolute Gasteiger partial charge is 0.185 e. The normalized spacial score (nSPS) is 11.3. The fourth-order valence-electron chi connectivity index (χ4n) is 2.47. The molecule has 2 nitrogen and oxygen atoms in total. The highest BCUT2D eigenvalue weighted by Crippen LogP contribution is 2.12. The summed E-state index contributed by atoms with van der Waals surface area (Å²) in [7, 11) is 4.17. The summed E-state index contributed by atoms with van der Waals surface area (Å²) in [6.07, 6.45) is 5.73. The van der Waals surface area contributed by atoms with Gasteiger partial charge in [0.1, 0.15) is 0 Å². The Kier molecular flexibility index (Phi) is 6.30. The van der Waals surface area contributed by atoms with Crippen molar-refractivity contribution in [3.63, 3.8) is 0 Å². The predicted octanol–water partition coefficient (Wildman–Crippen LogP) is 4.39. The fraction of sp³-hybridized carbons (Fsp3) is 0.286. The molecule has 0 bridgehead atoms. The number of benzene rings is 2. The van der Waals surface area contributed by atoms with Gasteiger partial charge in [0.15, 0.2) is 5.78 Å². The van der Waals surface area contributed by atoms with Gasteiger partial charge in [0.05, 0.1) is 0 Å². The predicted molar refractivity (Wildman–Crippen MR) is 97.9 cm³/mol. The van der Waals surface area contributed by atoms with Crippen LogP contribution in [0.25, 0.3) is 6.08 Å². The highest BCUT2D eigenvalue weighted by Gasteiger charge is 2.02. The molecule has 0 amide bonds. The molecule has 0 saturated carbocycles. The van der Waals surface area contributed by atoms with Crippen LogP contribution in [-0.4, -0.2) is 31.3 Å². The molecule has 0 radical (unpaired) electrons. The summed E-state index contributed by atoms with van der Waals surface area (Å²) >= 11 is 0. The SMILES string of the molecule is Cc1ccccc1C=CC(=O)c1ccc(CCCN(C)C)cc1. The Morgan fingerprint density at radius 3 is 2.39 bits per heavy atom. The van der Waals surface area contributed by atoms with Crippen molar-refractivity contribution in [1.29, 1.82) is 0 Å². The zero-order chi connectivity index (χ0) is 16.7. The summed E-state index contributed by atoms with van der Waals surface area (Å²) in [6.45, 7) is 3.13. The van der Waals surface area contributed by atoms with Crippen molar-refractivity contribution in [3.05, 3.63) is 76.9 Å². The first-order chi connectivity index (χ1) is 11.1. The van der Waals surface area contributed by atoms with E-state index in [1.54, 1.807) is 6.08 Å². The summed E-state index contributed by atoms with van der Waals surface area (Å²) in [5.74, 6) is 0.0492. The van der Waals surface area contributed by atoms with Crippen molar-refractivity contribution in [2.45, 2.75) is 19.8 Å². The van der Waals surface area contributed by atoms with E-state index in [1.807, 2.05) is 49.4 Å². The minimum absolute atomic E-state index is 0.0492. The molecule has 0 aliphatic carbocycles. The first-order valence-electron chi connectivity index (χ1n) is 8.08. The van der Waals surface area contributed by atoms with E-state index in [1.165, 1.54) is 11.1 Å². The Morgan fingerprint density at radius 2 is 1.74 bits per heavy atom. The Morgan fingerprint density at radius 1 is 1.04 bits per heavy atom. The van der Waals surface area contributed by atoms with Gasteiger partial charge in [-0.2, -0.15) is 0 Å². The quantitative estimate of drug-likeness (QED) is 0.558. The van der Waals surface area contributed by atoms with Gasteiger partial charge in [0.25, 0.3) is 0 Å². The Hall–Kier alpha value is -2.19. The van der Waals surface area contributed by atoms with Crippen LogP contribution in [0.2, 0.25) is 0 Å². The maximum absolute atomic E-state index is 12.3. The average molecular weight is 307 g/mol. The van der Waals surface area contributed by atoms with Gasteiger partial charge >= 0.3 is 0 Å². The van der Waals surface area contributed by atoms with Crippen LogP contribution in [0.4, 0.5) is 0 Å². The highest BCUT2D eigenvalue weighted by molar-refractivity contribution is 6.06. The lowest BCUT2D eigenvalue weighted by molar-refractivity contribution is 0.104. The molecular weight excluding hydrogens is 282 g/mol. The number of rotatable bonds is 7. The van der Waals surface area contributed by atoms with Crippen LogP contribution in [0.3, 0.4) is 0 Å². The van der Waals surface area contributed by atoms with Crippen molar-refractivity contribution in [2.24, 2.45) is 0 Å². The van der Waals surface area contributed by atoms with Gasteiger partial charge in [-0.3, -0.25) is 4.79 Å². The zero-order valence-corrected chi connectivity index (χ0v) is 14.3. The van der Waals surface area contributed by atoms with Crippen LogP contribution in [0.1, 0.15) is 33.5 Å². The number of carbonyl (C=O) groups excluding carboxylic acids is 1. The zero-order valence-electron chi connectivity index (χ0n) is 14.3. The van der Waals surface area contributed by atoms with Crippen LogP contribution >= 0.6 is 0 Å². The van der Waals surface area contributed by atoms with E-state index in [0.29, 0.717) is 0 Å². The van der Waals surface area contributed by atoms with Gasteiger partial charge in [-0.05, 0) is 63.2 Å². The summed E-state index contributed by atoms with van der Waals surface area (Å²) in [5.41, 5.74) is 4.28. The maximum Gasteiger partial charge on any atom is 0.185 e. The van der Waals surface area contributed by atoms with Gasteiger partial charge < -0.3 is 4.90 Å². The van der Waals surface area contributed by atoms with E-state index < -0.39 is 0 Å². The van der Waals surface area contributed by atoms with E-state index in [4.69, 9.17) is 0 Å². The number of allylic oxidation sites excluding steroid dienone is 1. The maximum atomic E-state index is 12.3. The van der Waals surface area contributed by atoms with Crippen molar-refractivity contribution >= 4 is 11.9 Å². The van der Waals surface area contributed by atoms with E-state index in [0.717, 1.165) is 30.5 Å². The van der Waals surface area contributed by atoms with E-state index >= 15 is 0 Å². The molecule has 0 spiro atoms. The Bertz CT molecular complexity index is 668. The molecule has 0 heterocycles. The summed E-state index contributed by atoms with van der Waals surface area (Å²) in [4.78, 5) is 14.4. The number of ketones is 1. The molecule has 0 unspecified atom stereocenters. The molecule has 0 N–H and O–H groups in total. The lowest BCUT2D eigenvalue weighted by Crippen LogP contribution is -2.13. The van der Waals surface area contributed by atoms with Gasteiger partial charge in [0.2, 0.25) is 0 Å². The van der Waals surface area contributed by atoms with E-state index in [9.17, 15) is 4.79 Å². The molecule has 2 heteroatoms. The first-order valence-corrected chi connectivity index (χ1v) is 8.08. The lowest BCUT2D eigenvalue weighted by Gasteiger charge is -2.09. The molecule has 2 aromatic carbocycles. The van der Waals surface area contributed by atoms with E-state index in [2.05, 4.69) is 31.1 Å². The van der Waals surface area contributed by atoms with Crippen LogP contribution < -0.4 is 0 Å². The number of hydrogen-bond donors (Lipinski definition) is 0. The molecule has 120 valence electrons. The third-order valence-electron chi connectivity index (χ3n) is 3.91. The van der Waals surface area contributed by atoms with Gasteiger partial charge in [0, 0.05) is 5.56 Å². The number of carbonyl (C=O) groups is 1. The van der Waals surface area contributed by atoms with Crippen LogP contribution in [0.5, 0.6) is 0 Å². The number of hydrogen-bond acceptors (Lipinski definition) is 2. The minimum Gasteiger partial charge on any atom is -0.309 e. The van der Waals surface area contributed by atoms with Gasteiger partial charge in [-0.1, -0.05) is 54.6 Å². The molecule has 0 atom stereocenters. The average Bonchev–Trinajstić information content (AvgIpc) is 2.54. The van der Waals surface area contributed by atoms with Crippen molar-refractivity contribution < 1.29 is 4.79 Å². The van der Waals surface area contributed by atoms with Crippen molar-refractivity contribution in [3.8, 4) is 0 Å². The standard InChI is InChI=1S/C21H25NO/c1-17-7-4-5-9-19(17)14-15-21(23)20-12-10-18(11-13-20)8-6-16-22(2)3/h4-5,7,9-15H,6,8,16H2,1-3H3. The molecule has 0 aliphatic heterocycles. The molecule has 23 heavy (non-hydrogen) atoms. The van der Waals surface area contributed by atoms with Crippen molar-refractivity contribution in [2.75, 3.05) is 20.6 Å². The minimum atomic E-state index is 0.0492. The van der Waals surface area contributed by atoms with Crippen LogP contribution in [0, 0.1) is 6.92 Å². The molecule has 0 aliphatic rings. The first kappa shape index (κ1) is 17.2. The second-order valence-electron chi connectivity index (χ2n) is 6.16. The molecule has 0 aromatic heterocycles. The fourth-order valence-corrected chi connectivity index (χ4v) is 2.47. The molecule has 2 aromatic rings. The highest BCUT2D eigenvalue weighted by atomic mass is 16.1.